The minimum Gasteiger partial charge on any atom is -0.494 e. The number of aryl methyl sites for hydroxylation is 1. The van der Waals surface area contributed by atoms with Gasteiger partial charge in [0.15, 0.2) is 0 Å². The molecule has 2 rings (SSSR count). The third-order valence-electron chi connectivity index (χ3n) is 4.58. The summed E-state index contributed by atoms with van der Waals surface area (Å²) in [5, 5.41) is 2.85. The maximum absolute atomic E-state index is 12.5. The second-order valence-corrected chi connectivity index (χ2v) is 8.74. The Labute approximate surface area is 179 Å². The number of hydrogen-bond acceptors (Lipinski definition) is 4. The number of anilines is 1. The molecule has 0 aliphatic heterocycles. The zero-order chi connectivity index (χ0) is 22.1. The molecule has 0 saturated heterocycles. The van der Waals surface area contributed by atoms with Gasteiger partial charge < -0.3 is 10.1 Å². The molecule has 30 heavy (non-hydrogen) atoms. The number of amides is 1. The van der Waals surface area contributed by atoms with Crippen molar-refractivity contribution in [1.82, 2.24) is 4.31 Å². The van der Waals surface area contributed by atoms with Crippen molar-refractivity contribution in [3.05, 3.63) is 59.7 Å². The van der Waals surface area contributed by atoms with Crippen molar-refractivity contribution in [3.63, 3.8) is 0 Å². The first-order valence-corrected chi connectivity index (χ1v) is 11.6. The van der Waals surface area contributed by atoms with Gasteiger partial charge in [0, 0.05) is 24.9 Å². The smallest absolute Gasteiger partial charge is 0.248 e. The van der Waals surface area contributed by atoms with E-state index in [1.165, 1.54) is 10.4 Å². The molecule has 0 saturated carbocycles. The van der Waals surface area contributed by atoms with Crippen LogP contribution in [0.5, 0.6) is 5.75 Å². The number of ether oxygens (including phenoxy) is 1. The fourth-order valence-electron chi connectivity index (χ4n) is 2.90. The summed E-state index contributed by atoms with van der Waals surface area (Å²) in [6.45, 7) is 9.08. The van der Waals surface area contributed by atoms with E-state index in [1.807, 2.05) is 45.9 Å². The lowest BCUT2D eigenvalue weighted by atomic mass is 10.2. The van der Waals surface area contributed by atoms with Crippen molar-refractivity contribution < 1.29 is 17.9 Å². The number of hydrogen-bond donors (Lipinski definition) is 1. The molecule has 2 aromatic rings. The average molecular weight is 431 g/mol. The van der Waals surface area contributed by atoms with Gasteiger partial charge in [-0.3, -0.25) is 4.79 Å². The van der Waals surface area contributed by atoms with Crippen LogP contribution in [-0.4, -0.2) is 38.3 Å². The molecule has 7 heteroatoms. The monoisotopic (exact) mass is 430 g/mol. The second kappa shape index (κ2) is 10.9. The molecule has 0 radical (unpaired) electrons. The van der Waals surface area contributed by atoms with Crippen LogP contribution in [0.1, 0.15) is 38.3 Å². The third-order valence-corrected chi connectivity index (χ3v) is 6.64. The number of nitrogens with one attached hydrogen (secondary N) is 1. The summed E-state index contributed by atoms with van der Waals surface area (Å²) in [5.74, 6) is 0.516. The van der Waals surface area contributed by atoms with E-state index in [0.717, 1.165) is 23.3 Å². The van der Waals surface area contributed by atoms with Gasteiger partial charge in [-0.2, -0.15) is 4.31 Å². The van der Waals surface area contributed by atoms with Gasteiger partial charge in [0.05, 0.1) is 11.5 Å². The predicted octanol–water partition coefficient (Wildman–Crippen LogP) is 4.47. The van der Waals surface area contributed by atoms with Crippen LogP contribution in [0.2, 0.25) is 0 Å². The highest BCUT2D eigenvalue weighted by Crippen LogP contribution is 2.22. The van der Waals surface area contributed by atoms with Crippen molar-refractivity contribution in [3.8, 4) is 5.75 Å². The molecule has 2 aromatic carbocycles. The maximum Gasteiger partial charge on any atom is 0.248 e. The Morgan fingerprint density at radius 3 is 2.30 bits per heavy atom. The molecule has 1 N–H and O–H groups in total. The summed E-state index contributed by atoms with van der Waals surface area (Å²) in [6, 6.07) is 12.0. The highest BCUT2D eigenvalue weighted by Gasteiger charge is 2.20. The van der Waals surface area contributed by atoms with E-state index in [2.05, 4.69) is 5.32 Å². The van der Waals surface area contributed by atoms with Crippen LogP contribution in [0, 0.1) is 6.92 Å². The van der Waals surface area contributed by atoms with Crippen molar-refractivity contribution >= 4 is 27.7 Å². The maximum atomic E-state index is 12.5. The molecule has 0 spiro atoms. The highest BCUT2D eigenvalue weighted by molar-refractivity contribution is 7.89. The SMILES string of the molecule is CCCOc1ccc(NC(=O)C=Cc2ccc(S(=O)(=O)N(CC)CC)cc2)c(C)c1. The van der Waals surface area contributed by atoms with E-state index in [0.29, 0.717) is 25.4 Å². The van der Waals surface area contributed by atoms with E-state index in [9.17, 15) is 13.2 Å². The number of rotatable bonds is 10. The Morgan fingerprint density at radius 2 is 1.73 bits per heavy atom. The minimum atomic E-state index is -3.48. The Balaban J connectivity index is 2.03. The van der Waals surface area contributed by atoms with Gasteiger partial charge in [-0.05, 0) is 60.9 Å². The Kier molecular flexibility index (Phi) is 8.62. The Hall–Kier alpha value is -2.64. The Bertz CT molecular complexity index is 979. The van der Waals surface area contributed by atoms with Crippen molar-refractivity contribution in [2.24, 2.45) is 0 Å². The summed E-state index contributed by atoms with van der Waals surface area (Å²) in [5.41, 5.74) is 2.37. The fraction of sp³-hybridized carbons (Fsp3) is 0.348. The largest absolute Gasteiger partial charge is 0.494 e. The van der Waals surface area contributed by atoms with Gasteiger partial charge in [0.2, 0.25) is 15.9 Å². The van der Waals surface area contributed by atoms with Gasteiger partial charge in [-0.1, -0.05) is 32.9 Å². The number of carbonyl (C=O) groups is 1. The van der Waals surface area contributed by atoms with Crippen LogP contribution < -0.4 is 10.1 Å². The number of carbonyl (C=O) groups excluding carboxylic acids is 1. The van der Waals surface area contributed by atoms with Gasteiger partial charge >= 0.3 is 0 Å². The second-order valence-electron chi connectivity index (χ2n) is 6.81. The molecule has 162 valence electrons. The molecule has 1 amide bonds. The van der Waals surface area contributed by atoms with Crippen LogP contribution in [0.25, 0.3) is 6.08 Å². The number of benzene rings is 2. The summed E-state index contributed by atoms with van der Waals surface area (Å²) >= 11 is 0. The number of sulfonamides is 1. The highest BCUT2D eigenvalue weighted by atomic mass is 32.2. The van der Waals surface area contributed by atoms with Crippen LogP contribution in [0.3, 0.4) is 0 Å². The van der Waals surface area contributed by atoms with Gasteiger partial charge in [-0.15, -0.1) is 0 Å². The first-order valence-electron chi connectivity index (χ1n) is 10.1. The normalized spacial score (nSPS) is 11.8. The van der Waals surface area contributed by atoms with Crippen molar-refractivity contribution in [2.45, 2.75) is 39.0 Å². The zero-order valence-corrected chi connectivity index (χ0v) is 18.8. The van der Waals surface area contributed by atoms with Crippen molar-refractivity contribution in [1.29, 1.82) is 0 Å². The summed E-state index contributed by atoms with van der Waals surface area (Å²) in [7, 11) is -3.48. The first-order chi connectivity index (χ1) is 14.3. The van der Waals surface area contributed by atoms with Crippen LogP contribution in [0.15, 0.2) is 53.4 Å². The van der Waals surface area contributed by atoms with Gasteiger partial charge in [0.25, 0.3) is 0 Å². The third kappa shape index (κ3) is 6.18. The molecular weight excluding hydrogens is 400 g/mol. The molecule has 0 bridgehead atoms. The summed E-state index contributed by atoms with van der Waals surface area (Å²) < 4.78 is 32.0. The predicted molar refractivity (Wildman–Crippen MR) is 121 cm³/mol. The first kappa shape index (κ1) is 23.6. The topological polar surface area (TPSA) is 75.7 Å². The number of nitrogens with zero attached hydrogens (tertiary/aromatic N) is 1. The lowest BCUT2D eigenvalue weighted by Crippen LogP contribution is -2.30. The van der Waals surface area contributed by atoms with Crippen LogP contribution in [0.4, 0.5) is 5.69 Å². The minimum absolute atomic E-state index is 0.244. The van der Waals surface area contributed by atoms with Crippen LogP contribution >= 0.6 is 0 Å². The van der Waals surface area contributed by atoms with Crippen LogP contribution in [-0.2, 0) is 14.8 Å². The molecule has 0 fully saturated rings. The van der Waals surface area contributed by atoms with E-state index >= 15 is 0 Å². The fourth-order valence-corrected chi connectivity index (χ4v) is 4.35. The van der Waals surface area contributed by atoms with Crippen molar-refractivity contribution in [2.75, 3.05) is 25.0 Å². The average Bonchev–Trinajstić information content (AvgIpc) is 2.73. The molecule has 0 heterocycles. The molecule has 0 aliphatic carbocycles. The molecule has 0 aromatic heterocycles. The van der Waals surface area contributed by atoms with E-state index in [-0.39, 0.29) is 10.8 Å². The molecule has 0 unspecified atom stereocenters. The van der Waals surface area contributed by atoms with Gasteiger partial charge in [-0.25, -0.2) is 8.42 Å². The molecule has 0 atom stereocenters. The van der Waals surface area contributed by atoms with E-state index in [4.69, 9.17) is 4.74 Å². The van der Waals surface area contributed by atoms with E-state index in [1.54, 1.807) is 30.3 Å². The zero-order valence-electron chi connectivity index (χ0n) is 18.0. The lowest BCUT2D eigenvalue weighted by Gasteiger charge is -2.18. The molecule has 6 nitrogen and oxygen atoms in total. The quantitative estimate of drug-likeness (QED) is 0.565. The molecular formula is C23H30N2O4S. The molecule has 0 aliphatic rings. The Morgan fingerprint density at radius 1 is 1.07 bits per heavy atom. The van der Waals surface area contributed by atoms with Gasteiger partial charge in [0.1, 0.15) is 5.75 Å². The van der Waals surface area contributed by atoms with E-state index < -0.39 is 10.0 Å². The summed E-state index contributed by atoms with van der Waals surface area (Å²) in [6.07, 6.45) is 4.01. The standard InChI is InChI=1S/C23H30N2O4S/c1-5-16-29-20-11-14-22(18(4)17-20)24-23(26)15-10-19-8-12-21(13-9-19)30(27,28)25(6-2)7-3/h8-15,17H,5-7,16H2,1-4H3,(H,24,26). The summed E-state index contributed by atoms with van der Waals surface area (Å²) in [4.78, 5) is 12.5. The lowest BCUT2D eigenvalue weighted by molar-refractivity contribution is -0.111.